The Morgan fingerprint density at radius 2 is 1.83 bits per heavy atom. The fraction of sp³-hybridized carbons (Fsp3) is 0.179. The summed E-state index contributed by atoms with van der Waals surface area (Å²) in [6.45, 7) is 3.77. The second-order valence-electron chi connectivity index (χ2n) is 8.14. The lowest BCUT2D eigenvalue weighted by Crippen LogP contribution is -2.39. The number of hydrogen-bond acceptors (Lipinski definition) is 6. The second kappa shape index (κ2) is 9.35. The Labute approximate surface area is 206 Å². The molecule has 5 rings (SSSR count). The number of aromatic nitrogens is 1. The maximum atomic E-state index is 13.8. The summed E-state index contributed by atoms with van der Waals surface area (Å²) in [6, 6.07) is 20.8. The fourth-order valence-electron chi connectivity index (χ4n) is 4.41. The Hall–Kier alpha value is -3.97. The SMILES string of the molecule is CCOC(=O)C1=C(C)N=c2sc(=Cc3cccc4ccccc34)c(=O)n2[C@@H]1c1ccc(OC)cc1. The van der Waals surface area contributed by atoms with Crippen LogP contribution in [0.15, 0.2) is 87.8 Å². The van der Waals surface area contributed by atoms with Crippen LogP contribution in [0.2, 0.25) is 0 Å². The number of hydrogen-bond donors (Lipinski definition) is 0. The molecule has 1 aliphatic rings. The van der Waals surface area contributed by atoms with Gasteiger partial charge in [0.1, 0.15) is 5.75 Å². The molecule has 0 unspecified atom stereocenters. The van der Waals surface area contributed by atoms with Gasteiger partial charge in [-0.25, -0.2) is 9.79 Å². The molecule has 0 saturated carbocycles. The number of carbonyl (C=O) groups is 1. The lowest BCUT2D eigenvalue weighted by molar-refractivity contribution is -0.139. The summed E-state index contributed by atoms with van der Waals surface area (Å²) in [4.78, 5) is 32.0. The smallest absolute Gasteiger partial charge is 0.338 e. The number of allylic oxidation sites excluding steroid dienone is 1. The third kappa shape index (κ3) is 4.08. The van der Waals surface area contributed by atoms with E-state index in [9.17, 15) is 9.59 Å². The Bertz CT molecular complexity index is 1640. The molecule has 35 heavy (non-hydrogen) atoms. The molecule has 1 atom stereocenters. The molecular formula is C28H24N2O4S. The van der Waals surface area contributed by atoms with Crippen molar-refractivity contribution < 1.29 is 14.3 Å². The summed E-state index contributed by atoms with van der Waals surface area (Å²) < 4.78 is 12.8. The van der Waals surface area contributed by atoms with Crippen LogP contribution in [-0.2, 0) is 9.53 Å². The van der Waals surface area contributed by atoms with Crippen molar-refractivity contribution in [2.24, 2.45) is 4.99 Å². The van der Waals surface area contributed by atoms with Crippen molar-refractivity contribution in [1.82, 2.24) is 4.57 Å². The van der Waals surface area contributed by atoms with Gasteiger partial charge in [0.2, 0.25) is 0 Å². The van der Waals surface area contributed by atoms with Crippen LogP contribution in [0.5, 0.6) is 5.75 Å². The lowest BCUT2D eigenvalue weighted by atomic mass is 9.96. The maximum absolute atomic E-state index is 13.8. The summed E-state index contributed by atoms with van der Waals surface area (Å²) in [5, 5.41) is 2.17. The average molecular weight is 485 g/mol. The van der Waals surface area contributed by atoms with Crippen LogP contribution >= 0.6 is 11.3 Å². The van der Waals surface area contributed by atoms with Gasteiger partial charge in [0.15, 0.2) is 4.80 Å². The Kier molecular flexibility index (Phi) is 6.09. The molecule has 0 spiro atoms. The molecule has 0 aliphatic carbocycles. The van der Waals surface area contributed by atoms with E-state index in [-0.39, 0.29) is 12.2 Å². The van der Waals surface area contributed by atoms with Gasteiger partial charge in [0.25, 0.3) is 5.56 Å². The first kappa shape index (κ1) is 22.8. The first-order chi connectivity index (χ1) is 17.0. The zero-order chi connectivity index (χ0) is 24.5. The van der Waals surface area contributed by atoms with Gasteiger partial charge in [-0.1, -0.05) is 65.9 Å². The highest BCUT2D eigenvalue weighted by molar-refractivity contribution is 7.07. The van der Waals surface area contributed by atoms with Crippen molar-refractivity contribution in [3.05, 3.63) is 109 Å². The molecule has 2 heterocycles. The van der Waals surface area contributed by atoms with Crippen LogP contribution in [0.3, 0.4) is 0 Å². The highest BCUT2D eigenvalue weighted by atomic mass is 32.1. The van der Waals surface area contributed by atoms with Crippen molar-refractivity contribution in [2.45, 2.75) is 19.9 Å². The minimum atomic E-state index is -0.647. The number of rotatable bonds is 5. The van der Waals surface area contributed by atoms with Crippen LogP contribution in [0, 0.1) is 0 Å². The molecule has 0 radical (unpaired) electrons. The van der Waals surface area contributed by atoms with E-state index in [0.717, 1.165) is 21.9 Å². The molecule has 0 bridgehead atoms. The lowest BCUT2D eigenvalue weighted by Gasteiger charge is -2.24. The summed E-state index contributed by atoms with van der Waals surface area (Å²) in [7, 11) is 1.60. The standard InChI is InChI=1S/C28H24N2O4S/c1-4-34-27(32)24-17(2)29-28-30(25(24)19-12-14-21(33-3)15-13-19)26(31)23(35-28)16-20-10-7-9-18-8-5-6-11-22(18)20/h5-16,25H,4H2,1-3H3/t25-/m1/s1. The first-order valence-electron chi connectivity index (χ1n) is 11.3. The third-order valence-electron chi connectivity index (χ3n) is 6.06. The second-order valence-corrected chi connectivity index (χ2v) is 9.15. The largest absolute Gasteiger partial charge is 0.497 e. The monoisotopic (exact) mass is 484 g/mol. The van der Waals surface area contributed by atoms with Crippen LogP contribution < -0.4 is 19.6 Å². The number of nitrogens with zero attached hydrogens (tertiary/aromatic N) is 2. The van der Waals surface area contributed by atoms with Crippen molar-refractivity contribution in [3.63, 3.8) is 0 Å². The van der Waals surface area contributed by atoms with Crippen LogP contribution in [0.25, 0.3) is 16.8 Å². The molecule has 0 fully saturated rings. The predicted molar refractivity (Wildman–Crippen MR) is 137 cm³/mol. The molecule has 1 aromatic heterocycles. The fourth-order valence-corrected chi connectivity index (χ4v) is 5.45. The van der Waals surface area contributed by atoms with E-state index in [1.165, 1.54) is 11.3 Å². The van der Waals surface area contributed by atoms with Gasteiger partial charge in [0, 0.05) is 0 Å². The van der Waals surface area contributed by atoms with Gasteiger partial charge < -0.3 is 9.47 Å². The van der Waals surface area contributed by atoms with Crippen LogP contribution in [0.4, 0.5) is 0 Å². The van der Waals surface area contributed by atoms with Crippen molar-refractivity contribution >= 4 is 34.2 Å². The summed E-state index contributed by atoms with van der Waals surface area (Å²) >= 11 is 1.32. The summed E-state index contributed by atoms with van der Waals surface area (Å²) in [6.07, 6.45) is 1.90. The van der Waals surface area contributed by atoms with E-state index in [4.69, 9.17) is 9.47 Å². The minimum absolute atomic E-state index is 0.197. The normalized spacial score (nSPS) is 15.6. The molecule has 0 N–H and O–H groups in total. The molecule has 6 nitrogen and oxygen atoms in total. The number of benzene rings is 3. The Balaban J connectivity index is 1.74. The molecule has 0 amide bonds. The number of fused-ring (bicyclic) bond motifs is 2. The number of carbonyl (C=O) groups excluding carboxylic acids is 1. The molecule has 3 aromatic carbocycles. The quantitative estimate of drug-likeness (QED) is 0.402. The number of ether oxygens (including phenoxy) is 2. The number of methoxy groups -OCH3 is 1. The highest BCUT2D eigenvalue weighted by Crippen LogP contribution is 2.31. The van der Waals surface area contributed by atoms with E-state index >= 15 is 0 Å². The zero-order valence-electron chi connectivity index (χ0n) is 19.6. The molecular weight excluding hydrogens is 460 g/mol. The van der Waals surface area contributed by atoms with Crippen molar-refractivity contribution in [1.29, 1.82) is 0 Å². The Morgan fingerprint density at radius 1 is 1.09 bits per heavy atom. The highest BCUT2D eigenvalue weighted by Gasteiger charge is 2.33. The van der Waals surface area contributed by atoms with E-state index in [0.29, 0.717) is 26.4 Å². The summed E-state index contributed by atoms with van der Waals surface area (Å²) in [5.74, 6) is 0.216. The van der Waals surface area contributed by atoms with E-state index in [2.05, 4.69) is 4.99 Å². The van der Waals surface area contributed by atoms with Crippen LogP contribution in [0.1, 0.15) is 31.0 Å². The summed E-state index contributed by atoms with van der Waals surface area (Å²) in [5.41, 5.74) is 2.44. The molecule has 176 valence electrons. The molecule has 0 saturated heterocycles. The maximum Gasteiger partial charge on any atom is 0.338 e. The first-order valence-corrected chi connectivity index (χ1v) is 12.1. The predicted octanol–water partition coefficient (Wildman–Crippen LogP) is 3.96. The third-order valence-corrected chi connectivity index (χ3v) is 7.04. The minimum Gasteiger partial charge on any atom is -0.497 e. The molecule has 1 aliphatic heterocycles. The van der Waals surface area contributed by atoms with E-state index < -0.39 is 12.0 Å². The van der Waals surface area contributed by atoms with Crippen molar-refractivity contribution in [2.75, 3.05) is 13.7 Å². The average Bonchev–Trinajstić information content (AvgIpc) is 3.18. The van der Waals surface area contributed by atoms with E-state index in [1.807, 2.05) is 72.8 Å². The van der Waals surface area contributed by atoms with Crippen LogP contribution in [-0.4, -0.2) is 24.3 Å². The van der Waals surface area contributed by atoms with Gasteiger partial charge in [-0.05, 0) is 54.0 Å². The topological polar surface area (TPSA) is 69.9 Å². The van der Waals surface area contributed by atoms with Gasteiger partial charge in [0.05, 0.1) is 35.6 Å². The number of esters is 1. The molecule has 7 heteroatoms. The Morgan fingerprint density at radius 3 is 2.57 bits per heavy atom. The van der Waals surface area contributed by atoms with Gasteiger partial charge in [-0.3, -0.25) is 9.36 Å². The van der Waals surface area contributed by atoms with Gasteiger partial charge in [-0.2, -0.15) is 0 Å². The van der Waals surface area contributed by atoms with Gasteiger partial charge >= 0.3 is 5.97 Å². The van der Waals surface area contributed by atoms with E-state index in [1.54, 1.807) is 25.5 Å². The van der Waals surface area contributed by atoms with Crippen molar-refractivity contribution in [3.8, 4) is 5.75 Å². The number of thiazole rings is 1. The molecule has 4 aromatic rings. The zero-order valence-corrected chi connectivity index (χ0v) is 20.5. The van der Waals surface area contributed by atoms with Gasteiger partial charge in [-0.15, -0.1) is 0 Å².